The van der Waals surface area contributed by atoms with Crippen LogP contribution in [0.25, 0.3) is 10.9 Å². The highest BCUT2D eigenvalue weighted by Crippen LogP contribution is 2.19. The fourth-order valence-electron chi connectivity index (χ4n) is 1.04. The summed E-state index contributed by atoms with van der Waals surface area (Å²) < 4.78 is 0. The van der Waals surface area contributed by atoms with Gasteiger partial charge in [0.15, 0.2) is 0 Å². The highest BCUT2D eigenvalue weighted by molar-refractivity contribution is 6.30. The third-order valence-electron chi connectivity index (χ3n) is 1.63. The first-order valence-corrected chi connectivity index (χ1v) is 3.92. The number of pyridine rings is 2. The second-order valence-electron chi connectivity index (χ2n) is 2.48. The highest BCUT2D eigenvalue weighted by Gasteiger charge is 1.99. The van der Waals surface area contributed by atoms with Crippen molar-refractivity contribution in [1.82, 2.24) is 9.97 Å². The maximum atomic E-state index is 10.2. The molecule has 0 unspecified atom stereocenters. The lowest BCUT2D eigenvalue weighted by molar-refractivity contribution is 1.30. The fraction of sp³-hybridized carbons (Fsp3) is 0. The highest BCUT2D eigenvalue weighted by atomic mass is 35.5. The van der Waals surface area contributed by atoms with Crippen molar-refractivity contribution in [2.24, 2.45) is 5.18 Å². The van der Waals surface area contributed by atoms with Crippen LogP contribution in [-0.2, 0) is 0 Å². The predicted molar refractivity (Wildman–Crippen MR) is 50.0 cm³/mol. The molecule has 0 fully saturated rings. The molecule has 0 atom stereocenters. The molecule has 0 aromatic carbocycles. The molecular formula is C8H4ClN3O. The summed E-state index contributed by atoms with van der Waals surface area (Å²) >= 11 is 5.67. The Morgan fingerprint density at radius 1 is 1.23 bits per heavy atom. The first kappa shape index (κ1) is 8.07. The van der Waals surface area contributed by atoms with Crippen molar-refractivity contribution in [3.63, 3.8) is 0 Å². The second-order valence-corrected chi connectivity index (χ2v) is 2.87. The SMILES string of the molecule is O=Nc1cnc2cnc(Cl)cc2c1. The van der Waals surface area contributed by atoms with Crippen molar-refractivity contribution < 1.29 is 0 Å². The molecule has 0 radical (unpaired) electrons. The van der Waals surface area contributed by atoms with E-state index in [1.807, 2.05) is 0 Å². The lowest BCUT2D eigenvalue weighted by Crippen LogP contribution is -1.80. The number of nitrogens with zero attached hydrogens (tertiary/aromatic N) is 3. The van der Waals surface area contributed by atoms with Gasteiger partial charge >= 0.3 is 0 Å². The van der Waals surface area contributed by atoms with Crippen LogP contribution in [0.1, 0.15) is 0 Å². The van der Waals surface area contributed by atoms with E-state index in [1.165, 1.54) is 6.20 Å². The Kier molecular flexibility index (Phi) is 1.90. The molecule has 4 nitrogen and oxygen atoms in total. The van der Waals surface area contributed by atoms with Crippen LogP contribution in [0.3, 0.4) is 0 Å². The summed E-state index contributed by atoms with van der Waals surface area (Å²) in [5.74, 6) is 0. The summed E-state index contributed by atoms with van der Waals surface area (Å²) in [4.78, 5) is 18.0. The topological polar surface area (TPSA) is 55.2 Å². The monoisotopic (exact) mass is 193 g/mol. The minimum atomic E-state index is 0.287. The van der Waals surface area contributed by atoms with Crippen molar-refractivity contribution in [2.75, 3.05) is 0 Å². The molecule has 0 aliphatic heterocycles. The zero-order valence-electron chi connectivity index (χ0n) is 6.44. The molecule has 0 saturated heterocycles. The van der Waals surface area contributed by atoms with Crippen molar-refractivity contribution in [2.45, 2.75) is 0 Å². The summed E-state index contributed by atoms with van der Waals surface area (Å²) in [6, 6.07) is 3.25. The Balaban J connectivity index is 2.74. The number of hydrogen-bond donors (Lipinski definition) is 0. The number of aromatic nitrogens is 2. The van der Waals surface area contributed by atoms with Crippen LogP contribution >= 0.6 is 11.6 Å². The molecule has 0 aliphatic rings. The molecule has 0 aliphatic carbocycles. The third-order valence-corrected chi connectivity index (χ3v) is 1.83. The molecule has 64 valence electrons. The van der Waals surface area contributed by atoms with Gasteiger partial charge in [0, 0.05) is 5.39 Å². The third kappa shape index (κ3) is 1.48. The van der Waals surface area contributed by atoms with Gasteiger partial charge in [0.05, 0.1) is 17.9 Å². The Hall–Kier alpha value is -1.55. The van der Waals surface area contributed by atoms with Crippen LogP contribution < -0.4 is 0 Å². The zero-order chi connectivity index (χ0) is 9.26. The van der Waals surface area contributed by atoms with Crippen LogP contribution in [0, 0.1) is 4.91 Å². The largest absolute Gasteiger partial charge is 0.252 e. The van der Waals surface area contributed by atoms with E-state index in [9.17, 15) is 4.91 Å². The van der Waals surface area contributed by atoms with E-state index >= 15 is 0 Å². The molecule has 2 heterocycles. The molecular weight excluding hydrogens is 190 g/mol. The Morgan fingerprint density at radius 3 is 2.85 bits per heavy atom. The van der Waals surface area contributed by atoms with Crippen LogP contribution in [0.4, 0.5) is 5.69 Å². The molecule has 0 bridgehead atoms. The van der Waals surface area contributed by atoms with Gasteiger partial charge in [0.1, 0.15) is 10.8 Å². The molecule has 2 rings (SSSR count). The number of hydrogen-bond acceptors (Lipinski definition) is 4. The summed E-state index contributed by atoms with van der Waals surface area (Å²) in [6.07, 6.45) is 2.94. The maximum absolute atomic E-state index is 10.2. The quantitative estimate of drug-likeness (QED) is 0.517. The smallest absolute Gasteiger partial charge is 0.129 e. The number of fused-ring (bicyclic) bond motifs is 1. The molecule has 2 aromatic heterocycles. The Bertz CT molecular complexity index is 472. The lowest BCUT2D eigenvalue weighted by atomic mass is 10.2. The van der Waals surface area contributed by atoms with Gasteiger partial charge in [-0.3, -0.25) is 4.98 Å². The van der Waals surface area contributed by atoms with E-state index in [0.29, 0.717) is 10.7 Å². The van der Waals surface area contributed by atoms with Gasteiger partial charge in [-0.05, 0) is 17.3 Å². The second kappa shape index (κ2) is 3.06. The molecule has 13 heavy (non-hydrogen) atoms. The molecule has 2 aromatic rings. The van der Waals surface area contributed by atoms with E-state index in [0.717, 1.165) is 5.39 Å². The van der Waals surface area contributed by atoms with Crippen LogP contribution in [-0.4, -0.2) is 9.97 Å². The maximum Gasteiger partial charge on any atom is 0.129 e. The number of nitroso groups, excluding NO2 is 1. The number of rotatable bonds is 1. The Morgan fingerprint density at radius 2 is 2.08 bits per heavy atom. The predicted octanol–water partition coefficient (Wildman–Crippen LogP) is 2.68. The fourth-order valence-corrected chi connectivity index (χ4v) is 1.21. The van der Waals surface area contributed by atoms with E-state index in [-0.39, 0.29) is 5.69 Å². The van der Waals surface area contributed by atoms with Gasteiger partial charge in [-0.15, -0.1) is 4.91 Å². The van der Waals surface area contributed by atoms with E-state index in [1.54, 1.807) is 18.3 Å². The van der Waals surface area contributed by atoms with Crippen LogP contribution in [0.2, 0.25) is 5.15 Å². The van der Waals surface area contributed by atoms with Gasteiger partial charge < -0.3 is 0 Å². The molecule has 0 saturated carbocycles. The average Bonchev–Trinajstić information content (AvgIpc) is 2.16. The van der Waals surface area contributed by atoms with Gasteiger partial charge in [-0.2, -0.15) is 0 Å². The molecule has 0 spiro atoms. The van der Waals surface area contributed by atoms with Crippen molar-refractivity contribution >= 4 is 28.2 Å². The summed E-state index contributed by atoms with van der Waals surface area (Å²) in [7, 11) is 0. The average molecular weight is 194 g/mol. The van der Waals surface area contributed by atoms with Crippen LogP contribution in [0.15, 0.2) is 29.7 Å². The van der Waals surface area contributed by atoms with Crippen LogP contribution in [0.5, 0.6) is 0 Å². The van der Waals surface area contributed by atoms with Crippen molar-refractivity contribution in [1.29, 1.82) is 0 Å². The lowest BCUT2D eigenvalue weighted by Gasteiger charge is -1.96. The molecule has 5 heteroatoms. The number of halogens is 1. The summed E-state index contributed by atoms with van der Waals surface area (Å²) in [5, 5.41) is 3.91. The Labute approximate surface area is 78.6 Å². The standard InChI is InChI=1S/C8H4ClN3O/c9-8-2-5-1-6(12-13)3-10-7(5)4-11-8/h1-4H. The minimum absolute atomic E-state index is 0.287. The zero-order valence-corrected chi connectivity index (χ0v) is 7.19. The van der Waals surface area contributed by atoms with Gasteiger partial charge in [0.2, 0.25) is 0 Å². The van der Waals surface area contributed by atoms with Gasteiger partial charge in [-0.1, -0.05) is 11.6 Å². The minimum Gasteiger partial charge on any atom is -0.252 e. The van der Waals surface area contributed by atoms with E-state index < -0.39 is 0 Å². The van der Waals surface area contributed by atoms with E-state index in [4.69, 9.17) is 11.6 Å². The van der Waals surface area contributed by atoms with Crippen molar-refractivity contribution in [3.8, 4) is 0 Å². The van der Waals surface area contributed by atoms with Gasteiger partial charge in [0.25, 0.3) is 0 Å². The van der Waals surface area contributed by atoms with Gasteiger partial charge in [-0.25, -0.2) is 4.98 Å². The van der Waals surface area contributed by atoms with Crippen molar-refractivity contribution in [3.05, 3.63) is 34.6 Å². The van der Waals surface area contributed by atoms with E-state index in [2.05, 4.69) is 15.1 Å². The normalized spacial score (nSPS) is 10.2. The molecule has 0 N–H and O–H groups in total. The summed E-state index contributed by atoms with van der Waals surface area (Å²) in [5.41, 5.74) is 0.978. The summed E-state index contributed by atoms with van der Waals surface area (Å²) in [6.45, 7) is 0. The molecule has 0 amide bonds. The first-order valence-electron chi connectivity index (χ1n) is 3.54. The first-order chi connectivity index (χ1) is 6.29.